The van der Waals surface area contributed by atoms with E-state index < -0.39 is 17.7 Å². The molecule has 0 aliphatic heterocycles. The molecule has 0 aromatic carbocycles. The summed E-state index contributed by atoms with van der Waals surface area (Å²) in [6.07, 6.45) is 4.63. The largest absolute Gasteiger partial charge is 0.464 e. The number of nitrogens with zero attached hydrogens (tertiary/aromatic N) is 1. The fourth-order valence-corrected chi connectivity index (χ4v) is 2.77. The van der Waals surface area contributed by atoms with E-state index in [-0.39, 0.29) is 5.97 Å². The van der Waals surface area contributed by atoms with Crippen LogP contribution >= 0.6 is 23.4 Å². The quantitative estimate of drug-likeness (QED) is 0.303. The molecule has 142 valence electrons. The normalized spacial score (nSPS) is 12.6. The summed E-state index contributed by atoms with van der Waals surface area (Å²) >= 11 is 7.34. The maximum Gasteiger partial charge on any atom is 0.411 e. The number of esters is 1. The molecule has 7 heteroatoms. The number of ether oxygens (including phenoxy) is 2. The minimum absolute atomic E-state index is 0.295. The van der Waals surface area contributed by atoms with Gasteiger partial charge in [-0.3, -0.25) is 4.90 Å². The zero-order valence-corrected chi connectivity index (χ0v) is 17.2. The molecular weight excluding hydrogens is 350 g/mol. The highest BCUT2D eigenvalue weighted by Gasteiger charge is 2.33. The van der Waals surface area contributed by atoms with Crippen LogP contribution in [0.1, 0.15) is 53.4 Å². The zero-order valence-electron chi connectivity index (χ0n) is 15.6. The number of rotatable bonds is 11. The lowest BCUT2D eigenvalue weighted by molar-refractivity contribution is -0.149. The van der Waals surface area contributed by atoms with Crippen molar-refractivity contribution >= 4 is 35.4 Å². The van der Waals surface area contributed by atoms with Gasteiger partial charge in [0.05, 0.1) is 6.61 Å². The van der Waals surface area contributed by atoms with Crippen LogP contribution in [0.3, 0.4) is 0 Å². The molecule has 1 atom stereocenters. The monoisotopic (exact) mass is 381 g/mol. The van der Waals surface area contributed by atoms with E-state index in [4.69, 9.17) is 21.1 Å². The predicted octanol–water partition coefficient (Wildman–Crippen LogP) is 4.32. The molecule has 0 saturated carbocycles. The number of alkyl halides is 1. The van der Waals surface area contributed by atoms with E-state index in [1.165, 1.54) is 4.90 Å². The molecule has 0 aliphatic rings. The molecule has 0 unspecified atom stereocenters. The number of hydrogen-bond acceptors (Lipinski definition) is 5. The Kier molecular flexibility index (Phi) is 12.4. The van der Waals surface area contributed by atoms with Gasteiger partial charge in [0, 0.05) is 12.4 Å². The molecule has 0 spiro atoms. The van der Waals surface area contributed by atoms with Crippen molar-refractivity contribution < 1.29 is 19.1 Å². The summed E-state index contributed by atoms with van der Waals surface area (Å²) in [4.78, 5) is 26.5. The topological polar surface area (TPSA) is 55.8 Å². The van der Waals surface area contributed by atoms with Crippen molar-refractivity contribution in [3.8, 4) is 0 Å². The van der Waals surface area contributed by atoms with Crippen LogP contribution in [-0.2, 0) is 14.3 Å². The number of thioether (sulfide) groups is 1. The van der Waals surface area contributed by atoms with Crippen molar-refractivity contribution in [2.24, 2.45) is 0 Å². The number of unbranched alkanes of at least 4 members (excludes halogenated alkanes) is 2. The number of amides is 1. The van der Waals surface area contributed by atoms with Gasteiger partial charge in [0.25, 0.3) is 0 Å². The number of halogens is 1. The highest BCUT2D eigenvalue weighted by Crippen LogP contribution is 2.17. The van der Waals surface area contributed by atoms with Crippen LogP contribution < -0.4 is 0 Å². The van der Waals surface area contributed by atoms with Gasteiger partial charge in [0.15, 0.2) is 0 Å². The first-order chi connectivity index (χ1) is 11.3. The summed E-state index contributed by atoms with van der Waals surface area (Å²) in [7, 11) is 0. The van der Waals surface area contributed by atoms with Gasteiger partial charge in [0.2, 0.25) is 0 Å². The Morgan fingerprint density at radius 3 is 2.38 bits per heavy atom. The van der Waals surface area contributed by atoms with Gasteiger partial charge >= 0.3 is 12.1 Å². The summed E-state index contributed by atoms with van der Waals surface area (Å²) in [6.45, 7) is 7.97. The highest BCUT2D eigenvalue weighted by atomic mass is 35.5. The summed E-state index contributed by atoms with van der Waals surface area (Å²) < 4.78 is 10.7. The third-order valence-electron chi connectivity index (χ3n) is 3.19. The minimum Gasteiger partial charge on any atom is -0.464 e. The van der Waals surface area contributed by atoms with Crippen LogP contribution in [0.5, 0.6) is 0 Å². The van der Waals surface area contributed by atoms with Crippen LogP contribution in [-0.4, -0.2) is 59.6 Å². The van der Waals surface area contributed by atoms with Gasteiger partial charge in [0.1, 0.15) is 11.6 Å². The third kappa shape index (κ3) is 10.3. The Bertz CT molecular complexity index is 374. The second-order valence-corrected chi connectivity index (χ2v) is 7.84. The molecule has 0 aliphatic carbocycles. The average Bonchev–Trinajstić information content (AvgIpc) is 2.48. The molecule has 0 fully saturated rings. The van der Waals surface area contributed by atoms with E-state index >= 15 is 0 Å². The second-order valence-electron chi connectivity index (χ2n) is 6.47. The fourth-order valence-electron chi connectivity index (χ4n) is 2.12. The van der Waals surface area contributed by atoms with Crippen molar-refractivity contribution in [2.45, 2.75) is 65.0 Å². The molecule has 0 aromatic heterocycles. The highest BCUT2D eigenvalue weighted by molar-refractivity contribution is 7.98. The van der Waals surface area contributed by atoms with E-state index in [0.717, 1.165) is 25.0 Å². The number of carbonyl (C=O) groups excluding carboxylic acids is 2. The van der Waals surface area contributed by atoms with E-state index in [1.54, 1.807) is 18.7 Å². The molecule has 0 aromatic rings. The van der Waals surface area contributed by atoms with Crippen LogP contribution in [0.4, 0.5) is 4.79 Å². The Morgan fingerprint density at radius 2 is 1.88 bits per heavy atom. The molecule has 0 N–H and O–H groups in total. The molecule has 0 saturated heterocycles. The molecule has 24 heavy (non-hydrogen) atoms. The third-order valence-corrected chi connectivity index (χ3v) is 4.10. The van der Waals surface area contributed by atoms with Crippen LogP contribution in [0.25, 0.3) is 0 Å². The van der Waals surface area contributed by atoms with E-state index in [2.05, 4.69) is 0 Å². The fraction of sp³-hybridized carbons (Fsp3) is 0.882. The second kappa shape index (κ2) is 12.7. The average molecular weight is 382 g/mol. The Labute approximate surface area is 155 Å². The Morgan fingerprint density at radius 1 is 1.21 bits per heavy atom. The van der Waals surface area contributed by atoms with Gasteiger partial charge in [-0.1, -0.05) is 6.42 Å². The summed E-state index contributed by atoms with van der Waals surface area (Å²) in [5.74, 6) is 1.000. The molecule has 1 amide bonds. The van der Waals surface area contributed by atoms with E-state index in [0.29, 0.717) is 25.5 Å². The lowest BCUT2D eigenvalue weighted by Crippen LogP contribution is -2.48. The van der Waals surface area contributed by atoms with Crippen molar-refractivity contribution in [1.82, 2.24) is 4.90 Å². The van der Waals surface area contributed by atoms with Gasteiger partial charge in [-0.25, -0.2) is 9.59 Å². The van der Waals surface area contributed by atoms with Gasteiger partial charge < -0.3 is 9.47 Å². The standard InChI is InChI=1S/C17H32ClNO4S/c1-6-22-15(20)14(10-13-24-5)19(12-9-7-8-11-18)16(21)23-17(2,3)4/h14H,6-13H2,1-5H3/t14-/m0/s1. The predicted molar refractivity (Wildman–Crippen MR) is 101 cm³/mol. The van der Waals surface area contributed by atoms with E-state index in [1.807, 2.05) is 27.0 Å². The summed E-state index contributed by atoms with van der Waals surface area (Å²) in [5.41, 5.74) is -0.607. The lowest BCUT2D eigenvalue weighted by Gasteiger charge is -2.32. The molecule has 5 nitrogen and oxygen atoms in total. The first kappa shape index (κ1) is 23.4. The zero-order chi connectivity index (χ0) is 18.6. The molecule has 0 radical (unpaired) electrons. The van der Waals surface area contributed by atoms with E-state index in [9.17, 15) is 9.59 Å². The molecular formula is C17H32ClNO4S. The van der Waals surface area contributed by atoms with Crippen molar-refractivity contribution in [3.05, 3.63) is 0 Å². The molecule has 0 bridgehead atoms. The maximum absolute atomic E-state index is 12.6. The van der Waals surface area contributed by atoms with Crippen LogP contribution in [0, 0.1) is 0 Å². The first-order valence-electron chi connectivity index (χ1n) is 8.48. The Hall–Kier alpha value is -0.620. The number of carbonyl (C=O) groups is 2. The van der Waals surface area contributed by atoms with Crippen molar-refractivity contribution in [3.63, 3.8) is 0 Å². The lowest BCUT2D eigenvalue weighted by atomic mass is 10.1. The molecule has 0 heterocycles. The summed E-state index contributed by atoms with van der Waals surface area (Å²) in [5, 5.41) is 0. The summed E-state index contributed by atoms with van der Waals surface area (Å²) in [6, 6.07) is -0.608. The Balaban J connectivity index is 5.15. The maximum atomic E-state index is 12.6. The van der Waals surface area contributed by atoms with Gasteiger partial charge in [-0.2, -0.15) is 11.8 Å². The first-order valence-corrected chi connectivity index (χ1v) is 10.4. The van der Waals surface area contributed by atoms with Crippen molar-refractivity contribution in [1.29, 1.82) is 0 Å². The van der Waals surface area contributed by atoms with Gasteiger partial charge in [-0.15, -0.1) is 11.6 Å². The van der Waals surface area contributed by atoms with Crippen LogP contribution in [0.15, 0.2) is 0 Å². The molecule has 0 rings (SSSR count). The van der Waals surface area contributed by atoms with Crippen LogP contribution in [0.2, 0.25) is 0 Å². The van der Waals surface area contributed by atoms with Crippen molar-refractivity contribution in [2.75, 3.05) is 31.0 Å². The SMILES string of the molecule is CCOC(=O)[C@H](CCSC)N(CCCCCCl)C(=O)OC(C)(C)C. The minimum atomic E-state index is -0.608. The van der Waals surface area contributed by atoms with Gasteiger partial charge in [-0.05, 0) is 59.0 Å². The smallest absolute Gasteiger partial charge is 0.411 e. The number of hydrogen-bond donors (Lipinski definition) is 0.